The highest BCUT2D eigenvalue weighted by atomic mass is 16.5. The number of carbonyl (C=O) groups is 1. The fraction of sp³-hybridized carbons (Fsp3) is 0.312. The van der Waals surface area contributed by atoms with E-state index in [1.165, 1.54) is 6.26 Å². The van der Waals surface area contributed by atoms with E-state index in [1.54, 1.807) is 19.1 Å². The van der Waals surface area contributed by atoms with E-state index in [2.05, 4.69) is 5.32 Å². The molecule has 0 aliphatic heterocycles. The second-order valence-electron chi connectivity index (χ2n) is 5.08. The lowest BCUT2D eigenvalue weighted by atomic mass is 10.0. The number of para-hydroxylation sites is 1. The lowest BCUT2D eigenvalue weighted by molar-refractivity contribution is -0.124. The van der Waals surface area contributed by atoms with Crippen LogP contribution in [-0.4, -0.2) is 24.2 Å². The maximum absolute atomic E-state index is 11.8. The third kappa shape index (κ3) is 4.10. The SMILES string of the molecule is Cc1ccccc1OCC(=O)NC[C@](C)(O)c1ccco1. The van der Waals surface area contributed by atoms with E-state index >= 15 is 0 Å². The predicted molar refractivity (Wildman–Crippen MR) is 78.0 cm³/mol. The lowest BCUT2D eigenvalue weighted by Gasteiger charge is -2.21. The van der Waals surface area contributed by atoms with Crippen molar-refractivity contribution < 1.29 is 19.1 Å². The van der Waals surface area contributed by atoms with Crippen LogP contribution in [0.15, 0.2) is 47.1 Å². The monoisotopic (exact) mass is 289 g/mol. The predicted octanol–water partition coefficient (Wildman–Crippen LogP) is 1.99. The maximum atomic E-state index is 11.8. The van der Waals surface area contributed by atoms with Crippen molar-refractivity contribution in [3.05, 3.63) is 54.0 Å². The molecule has 0 bridgehead atoms. The van der Waals surface area contributed by atoms with Gasteiger partial charge < -0.3 is 19.6 Å². The number of ether oxygens (including phenoxy) is 1. The Balaban J connectivity index is 1.82. The number of furan rings is 1. The largest absolute Gasteiger partial charge is 0.484 e. The number of benzene rings is 1. The van der Waals surface area contributed by atoms with Gasteiger partial charge in [0, 0.05) is 0 Å². The second-order valence-corrected chi connectivity index (χ2v) is 5.08. The number of hydrogen-bond acceptors (Lipinski definition) is 4. The molecule has 0 aliphatic rings. The van der Waals surface area contributed by atoms with Gasteiger partial charge in [-0.25, -0.2) is 0 Å². The summed E-state index contributed by atoms with van der Waals surface area (Å²) in [5.41, 5.74) is -0.283. The Morgan fingerprint density at radius 3 is 2.76 bits per heavy atom. The summed E-state index contributed by atoms with van der Waals surface area (Å²) in [7, 11) is 0. The molecule has 1 aromatic carbocycles. The Hall–Kier alpha value is -2.27. The molecule has 1 heterocycles. The highest BCUT2D eigenvalue weighted by molar-refractivity contribution is 5.77. The minimum atomic E-state index is -1.25. The number of amides is 1. The van der Waals surface area contributed by atoms with Gasteiger partial charge in [0.25, 0.3) is 5.91 Å². The van der Waals surface area contributed by atoms with Gasteiger partial charge in [-0.3, -0.25) is 4.79 Å². The van der Waals surface area contributed by atoms with E-state index in [9.17, 15) is 9.90 Å². The van der Waals surface area contributed by atoms with Crippen molar-refractivity contribution in [2.75, 3.05) is 13.2 Å². The van der Waals surface area contributed by atoms with E-state index < -0.39 is 5.60 Å². The molecule has 0 spiro atoms. The topological polar surface area (TPSA) is 71.7 Å². The summed E-state index contributed by atoms with van der Waals surface area (Å²) in [6.07, 6.45) is 1.48. The number of hydrogen-bond donors (Lipinski definition) is 2. The quantitative estimate of drug-likeness (QED) is 0.853. The van der Waals surface area contributed by atoms with Gasteiger partial charge in [-0.05, 0) is 37.6 Å². The van der Waals surface area contributed by atoms with Crippen LogP contribution >= 0.6 is 0 Å². The average molecular weight is 289 g/mol. The zero-order valence-electron chi connectivity index (χ0n) is 12.1. The fourth-order valence-electron chi connectivity index (χ4n) is 1.86. The van der Waals surface area contributed by atoms with E-state index in [1.807, 2.05) is 31.2 Å². The number of rotatable bonds is 6. The number of aryl methyl sites for hydroxylation is 1. The minimum Gasteiger partial charge on any atom is -0.484 e. The first-order valence-electron chi connectivity index (χ1n) is 6.70. The van der Waals surface area contributed by atoms with Crippen molar-refractivity contribution in [3.8, 4) is 5.75 Å². The van der Waals surface area contributed by atoms with Gasteiger partial charge in [0.1, 0.15) is 17.1 Å². The zero-order chi connectivity index (χ0) is 15.3. The molecule has 0 radical (unpaired) electrons. The summed E-state index contributed by atoms with van der Waals surface area (Å²) in [6.45, 7) is 3.44. The van der Waals surface area contributed by atoms with Crippen LogP contribution in [0.3, 0.4) is 0 Å². The molecular weight excluding hydrogens is 270 g/mol. The van der Waals surface area contributed by atoms with Gasteiger partial charge in [0.2, 0.25) is 0 Å². The van der Waals surface area contributed by atoms with Crippen molar-refractivity contribution in [2.45, 2.75) is 19.4 Å². The van der Waals surface area contributed by atoms with Crippen molar-refractivity contribution >= 4 is 5.91 Å². The van der Waals surface area contributed by atoms with Gasteiger partial charge in [0.05, 0.1) is 12.8 Å². The van der Waals surface area contributed by atoms with Crippen LogP contribution in [0.25, 0.3) is 0 Å². The number of aliphatic hydroxyl groups is 1. The Morgan fingerprint density at radius 1 is 1.33 bits per heavy atom. The molecule has 5 heteroatoms. The molecule has 0 aliphatic carbocycles. The molecule has 0 saturated carbocycles. The molecule has 1 aromatic heterocycles. The van der Waals surface area contributed by atoms with Gasteiger partial charge in [0.15, 0.2) is 6.61 Å². The molecule has 1 amide bonds. The van der Waals surface area contributed by atoms with Crippen LogP contribution in [0.5, 0.6) is 5.75 Å². The lowest BCUT2D eigenvalue weighted by Crippen LogP contribution is -2.40. The highest BCUT2D eigenvalue weighted by Gasteiger charge is 2.26. The van der Waals surface area contributed by atoms with Crippen LogP contribution in [0.1, 0.15) is 18.2 Å². The third-order valence-corrected chi connectivity index (χ3v) is 3.13. The molecular formula is C16H19NO4. The fourth-order valence-corrected chi connectivity index (χ4v) is 1.86. The number of nitrogens with one attached hydrogen (secondary N) is 1. The Bertz CT molecular complexity index is 590. The molecule has 2 rings (SSSR count). The standard InChI is InChI=1S/C16H19NO4/c1-12-6-3-4-7-13(12)21-10-15(18)17-11-16(2,19)14-8-5-9-20-14/h3-9,19H,10-11H2,1-2H3,(H,17,18)/t16-/m0/s1. The smallest absolute Gasteiger partial charge is 0.258 e. The first-order chi connectivity index (χ1) is 9.99. The first-order valence-corrected chi connectivity index (χ1v) is 6.70. The van der Waals surface area contributed by atoms with Gasteiger partial charge in [-0.2, -0.15) is 0 Å². The molecule has 2 aromatic rings. The second kappa shape index (κ2) is 6.45. The van der Waals surface area contributed by atoms with Crippen LogP contribution in [0.4, 0.5) is 0 Å². The third-order valence-electron chi connectivity index (χ3n) is 3.13. The molecule has 112 valence electrons. The molecule has 5 nitrogen and oxygen atoms in total. The molecule has 2 N–H and O–H groups in total. The molecule has 0 saturated heterocycles. The molecule has 0 unspecified atom stereocenters. The van der Waals surface area contributed by atoms with Crippen LogP contribution in [0.2, 0.25) is 0 Å². The summed E-state index contributed by atoms with van der Waals surface area (Å²) in [6, 6.07) is 10.8. The van der Waals surface area contributed by atoms with Crippen LogP contribution < -0.4 is 10.1 Å². The first kappa shape index (κ1) is 15.1. The van der Waals surface area contributed by atoms with Gasteiger partial charge >= 0.3 is 0 Å². The summed E-state index contributed by atoms with van der Waals surface area (Å²) < 4.78 is 10.6. The molecule has 1 atom stereocenters. The van der Waals surface area contributed by atoms with Crippen LogP contribution in [0, 0.1) is 6.92 Å². The van der Waals surface area contributed by atoms with Gasteiger partial charge in [-0.15, -0.1) is 0 Å². The summed E-state index contributed by atoms with van der Waals surface area (Å²) in [5, 5.41) is 12.8. The van der Waals surface area contributed by atoms with E-state index in [4.69, 9.17) is 9.15 Å². The Labute approximate surface area is 123 Å². The average Bonchev–Trinajstić information content (AvgIpc) is 2.99. The Kier molecular flexibility index (Phi) is 4.65. The van der Waals surface area contributed by atoms with E-state index in [0.717, 1.165) is 5.56 Å². The maximum Gasteiger partial charge on any atom is 0.258 e. The van der Waals surface area contributed by atoms with Crippen LogP contribution in [-0.2, 0) is 10.4 Å². The van der Waals surface area contributed by atoms with Gasteiger partial charge in [-0.1, -0.05) is 18.2 Å². The highest BCUT2D eigenvalue weighted by Crippen LogP contribution is 2.20. The minimum absolute atomic E-state index is 0.0521. The Morgan fingerprint density at radius 2 is 2.10 bits per heavy atom. The normalized spacial score (nSPS) is 13.5. The zero-order valence-corrected chi connectivity index (χ0v) is 12.1. The molecule has 21 heavy (non-hydrogen) atoms. The van der Waals surface area contributed by atoms with Crippen molar-refractivity contribution in [1.29, 1.82) is 0 Å². The summed E-state index contributed by atoms with van der Waals surface area (Å²) >= 11 is 0. The van der Waals surface area contributed by atoms with Crippen molar-refractivity contribution in [1.82, 2.24) is 5.32 Å². The van der Waals surface area contributed by atoms with Crippen molar-refractivity contribution in [3.63, 3.8) is 0 Å². The summed E-state index contributed by atoms with van der Waals surface area (Å²) in [4.78, 5) is 11.8. The van der Waals surface area contributed by atoms with Crippen molar-refractivity contribution in [2.24, 2.45) is 0 Å². The van der Waals surface area contributed by atoms with E-state index in [0.29, 0.717) is 11.5 Å². The number of carbonyl (C=O) groups excluding carboxylic acids is 1. The molecule has 0 fully saturated rings. The summed E-state index contributed by atoms with van der Waals surface area (Å²) in [5.74, 6) is 0.776. The van der Waals surface area contributed by atoms with E-state index in [-0.39, 0.29) is 19.1 Å².